The van der Waals surface area contributed by atoms with Gasteiger partial charge in [0.25, 0.3) is 0 Å². The van der Waals surface area contributed by atoms with E-state index in [-0.39, 0.29) is 18.1 Å². The summed E-state index contributed by atoms with van der Waals surface area (Å²) in [5, 5.41) is 6.11. The smallest absolute Gasteiger partial charge is 0.227 e. The molecular weight excluding hydrogens is 268 g/mol. The first kappa shape index (κ1) is 15.8. The lowest BCUT2D eigenvalue weighted by Crippen LogP contribution is -2.40. The number of hydrogen-bond donors (Lipinski definition) is 2. The second kappa shape index (κ2) is 8.00. The van der Waals surface area contributed by atoms with Gasteiger partial charge in [-0.1, -0.05) is 13.0 Å². The van der Waals surface area contributed by atoms with Crippen molar-refractivity contribution in [3.63, 3.8) is 0 Å². The first-order chi connectivity index (χ1) is 10.2. The summed E-state index contributed by atoms with van der Waals surface area (Å²) in [5.41, 5.74) is 0.754. The lowest BCUT2D eigenvalue weighted by atomic mass is 10.2. The van der Waals surface area contributed by atoms with Crippen molar-refractivity contribution in [1.82, 2.24) is 5.32 Å². The molecule has 0 spiro atoms. The van der Waals surface area contributed by atoms with Gasteiger partial charge in [-0.15, -0.1) is 0 Å². The zero-order valence-corrected chi connectivity index (χ0v) is 12.7. The molecule has 0 aliphatic carbocycles. The van der Waals surface area contributed by atoms with Gasteiger partial charge in [0.1, 0.15) is 5.75 Å². The summed E-state index contributed by atoms with van der Waals surface area (Å²) >= 11 is 0. The standard InChI is InChI=1S/C16H24N2O3/c1-3-12(2)21-14-6-4-5-13(9-14)18-16(19)10-15-11-17-7-8-20-15/h4-6,9,12,15,17H,3,7-8,10-11H2,1-2H3,(H,18,19). The number of hydrogen-bond acceptors (Lipinski definition) is 4. The van der Waals surface area contributed by atoms with E-state index in [1.807, 2.05) is 31.2 Å². The number of morpholine rings is 1. The van der Waals surface area contributed by atoms with Gasteiger partial charge in [-0.2, -0.15) is 0 Å². The van der Waals surface area contributed by atoms with Crippen LogP contribution >= 0.6 is 0 Å². The minimum atomic E-state index is -0.0432. The Morgan fingerprint density at radius 1 is 1.57 bits per heavy atom. The normalized spacial score (nSPS) is 19.8. The average Bonchev–Trinajstić information content (AvgIpc) is 2.48. The fourth-order valence-corrected chi connectivity index (χ4v) is 2.13. The van der Waals surface area contributed by atoms with Gasteiger partial charge in [0.05, 0.1) is 25.2 Å². The molecule has 21 heavy (non-hydrogen) atoms. The Kier molecular flexibility index (Phi) is 6.02. The SMILES string of the molecule is CCC(C)Oc1cccc(NC(=O)CC2CNCCO2)c1. The summed E-state index contributed by atoms with van der Waals surface area (Å²) in [6.07, 6.45) is 1.43. The van der Waals surface area contributed by atoms with Crippen molar-refractivity contribution in [2.75, 3.05) is 25.0 Å². The van der Waals surface area contributed by atoms with E-state index in [2.05, 4.69) is 17.6 Å². The van der Waals surface area contributed by atoms with Crippen molar-refractivity contribution in [1.29, 1.82) is 0 Å². The molecule has 1 aromatic rings. The highest BCUT2D eigenvalue weighted by Gasteiger charge is 2.17. The molecule has 2 unspecified atom stereocenters. The van der Waals surface area contributed by atoms with E-state index in [9.17, 15) is 4.79 Å². The van der Waals surface area contributed by atoms with Gasteiger partial charge in [0.2, 0.25) is 5.91 Å². The zero-order chi connectivity index (χ0) is 15.1. The van der Waals surface area contributed by atoms with E-state index in [0.717, 1.165) is 30.9 Å². The second-order valence-corrected chi connectivity index (χ2v) is 5.31. The molecular formula is C16H24N2O3. The molecule has 1 amide bonds. The van der Waals surface area contributed by atoms with Crippen LogP contribution in [0.25, 0.3) is 0 Å². The summed E-state index contributed by atoms with van der Waals surface area (Å²) in [4.78, 5) is 12.0. The number of rotatable bonds is 6. The van der Waals surface area contributed by atoms with Gasteiger partial charge in [-0.25, -0.2) is 0 Å². The lowest BCUT2D eigenvalue weighted by Gasteiger charge is -2.23. The molecule has 1 fully saturated rings. The summed E-state index contributed by atoms with van der Waals surface area (Å²) in [5.74, 6) is 0.738. The molecule has 0 saturated carbocycles. The number of amides is 1. The van der Waals surface area contributed by atoms with E-state index >= 15 is 0 Å². The number of benzene rings is 1. The molecule has 1 aromatic carbocycles. The first-order valence-electron chi connectivity index (χ1n) is 7.56. The van der Waals surface area contributed by atoms with E-state index in [1.54, 1.807) is 0 Å². The van der Waals surface area contributed by atoms with Crippen LogP contribution in [0.5, 0.6) is 5.75 Å². The molecule has 116 valence electrons. The van der Waals surface area contributed by atoms with Crippen molar-refractivity contribution >= 4 is 11.6 Å². The fourth-order valence-electron chi connectivity index (χ4n) is 2.13. The van der Waals surface area contributed by atoms with Crippen molar-refractivity contribution in [3.8, 4) is 5.75 Å². The van der Waals surface area contributed by atoms with E-state index in [4.69, 9.17) is 9.47 Å². The average molecular weight is 292 g/mol. The van der Waals surface area contributed by atoms with Crippen molar-refractivity contribution < 1.29 is 14.3 Å². The summed E-state index contributed by atoms with van der Waals surface area (Å²) in [6, 6.07) is 7.49. The molecule has 2 rings (SSSR count). The van der Waals surface area contributed by atoms with Gasteiger partial charge in [0.15, 0.2) is 0 Å². The van der Waals surface area contributed by atoms with Gasteiger partial charge in [-0.05, 0) is 25.5 Å². The van der Waals surface area contributed by atoms with Gasteiger partial charge in [-0.3, -0.25) is 4.79 Å². The highest BCUT2D eigenvalue weighted by molar-refractivity contribution is 5.91. The van der Waals surface area contributed by atoms with Crippen LogP contribution < -0.4 is 15.4 Å². The van der Waals surface area contributed by atoms with Crippen LogP contribution in [0.2, 0.25) is 0 Å². The largest absolute Gasteiger partial charge is 0.491 e. The van der Waals surface area contributed by atoms with Crippen LogP contribution in [-0.2, 0) is 9.53 Å². The third-order valence-corrected chi connectivity index (χ3v) is 3.45. The van der Waals surface area contributed by atoms with Crippen LogP contribution in [0.4, 0.5) is 5.69 Å². The molecule has 2 atom stereocenters. The second-order valence-electron chi connectivity index (χ2n) is 5.31. The fraction of sp³-hybridized carbons (Fsp3) is 0.562. The number of ether oxygens (including phenoxy) is 2. The van der Waals surface area contributed by atoms with Crippen LogP contribution in [-0.4, -0.2) is 37.8 Å². The Hall–Kier alpha value is -1.59. The number of anilines is 1. The topological polar surface area (TPSA) is 59.6 Å². The number of carbonyl (C=O) groups excluding carboxylic acids is 1. The van der Waals surface area contributed by atoms with Crippen LogP contribution in [0, 0.1) is 0 Å². The molecule has 5 nitrogen and oxygen atoms in total. The minimum Gasteiger partial charge on any atom is -0.491 e. The van der Waals surface area contributed by atoms with Crippen molar-refractivity contribution in [2.45, 2.75) is 38.9 Å². The Labute approximate surface area is 126 Å². The predicted molar refractivity (Wildman–Crippen MR) is 82.7 cm³/mol. The predicted octanol–water partition coefficient (Wildman–Crippen LogP) is 2.18. The van der Waals surface area contributed by atoms with Gasteiger partial charge >= 0.3 is 0 Å². The molecule has 0 bridgehead atoms. The molecule has 1 aliphatic rings. The van der Waals surface area contributed by atoms with Crippen molar-refractivity contribution in [2.24, 2.45) is 0 Å². The quantitative estimate of drug-likeness (QED) is 0.844. The highest BCUT2D eigenvalue weighted by Crippen LogP contribution is 2.19. The Balaban J connectivity index is 1.86. The molecule has 1 heterocycles. The van der Waals surface area contributed by atoms with Gasteiger partial charge in [0, 0.05) is 24.8 Å². The Bertz CT molecular complexity index is 459. The minimum absolute atomic E-state index is 0.0376. The maximum absolute atomic E-state index is 12.0. The molecule has 2 N–H and O–H groups in total. The third kappa shape index (κ3) is 5.36. The Morgan fingerprint density at radius 2 is 2.43 bits per heavy atom. The molecule has 1 aliphatic heterocycles. The lowest BCUT2D eigenvalue weighted by molar-refractivity contribution is -0.119. The Morgan fingerprint density at radius 3 is 3.14 bits per heavy atom. The molecule has 5 heteroatoms. The van der Waals surface area contributed by atoms with Crippen LogP contribution in [0.1, 0.15) is 26.7 Å². The summed E-state index contributed by atoms with van der Waals surface area (Å²) in [7, 11) is 0. The molecule has 1 saturated heterocycles. The molecule has 0 radical (unpaired) electrons. The zero-order valence-electron chi connectivity index (χ0n) is 12.7. The maximum Gasteiger partial charge on any atom is 0.227 e. The van der Waals surface area contributed by atoms with Gasteiger partial charge < -0.3 is 20.1 Å². The van der Waals surface area contributed by atoms with E-state index in [0.29, 0.717) is 13.0 Å². The van der Waals surface area contributed by atoms with Crippen LogP contribution in [0.3, 0.4) is 0 Å². The highest BCUT2D eigenvalue weighted by atomic mass is 16.5. The van der Waals surface area contributed by atoms with Crippen molar-refractivity contribution in [3.05, 3.63) is 24.3 Å². The maximum atomic E-state index is 12.0. The van der Waals surface area contributed by atoms with Crippen LogP contribution in [0.15, 0.2) is 24.3 Å². The third-order valence-electron chi connectivity index (χ3n) is 3.45. The number of nitrogens with one attached hydrogen (secondary N) is 2. The van der Waals surface area contributed by atoms with E-state index in [1.165, 1.54) is 0 Å². The molecule has 0 aromatic heterocycles. The number of carbonyl (C=O) groups is 1. The summed E-state index contributed by atoms with van der Waals surface area (Å²) in [6.45, 7) is 6.35. The monoisotopic (exact) mass is 292 g/mol. The summed E-state index contributed by atoms with van der Waals surface area (Å²) < 4.78 is 11.3. The first-order valence-corrected chi connectivity index (χ1v) is 7.56. The van der Waals surface area contributed by atoms with E-state index < -0.39 is 0 Å².